The van der Waals surface area contributed by atoms with Crippen LogP contribution < -0.4 is 10.9 Å². The lowest BCUT2D eigenvalue weighted by Crippen LogP contribution is -2.39. The van der Waals surface area contributed by atoms with Crippen LogP contribution in [0, 0.1) is 17.2 Å². The normalized spacial score (nSPS) is 23.4. The highest BCUT2D eigenvalue weighted by molar-refractivity contribution is 8.22. The Morgan fingerprint density at radius 2 is 2.00 bits per heavy atom. The molecule has 5 rings (SSSR count). The number of nitrogens with one attached hydrogen (secondary N) is 2. The molecule has 3 aromatic rings. The molecule has 1 aliphatic carbocycles. The molecule has 2 aromatic heterocycles. The third kappa shape index (κ3) is 3.69. The van der Waals surface area contributed by atoms with E-state index in [-0.39, 0.29) is 17.5 Å². The lowest BCUT2D eigenvalue weighted by Gasteiger charge is -2.44. The van der Waals surface area contributed by atoms with Crippen LogP contribution in [0.1, 0.15) is 58.1 Å². The zero-order valence-electron chi connectivity index (χ0n) is 19.6. The fourth-order valence-corrected chi connectivity index (χ4v) is 7.21. The van der Waals surface area contributed by atoms with Gasteiger partial charge in [0.1, 0.15) is 5.39 Å². The van der Waals surface area contributed by atoms with Crippen LogP contribution in [0.2, 0.25) is 0 Å². The first kappa shape index (κ1) is 22.9. The van der Waals surface area contributed by atoms with Gasteiger partial charge in [0, 0.05) is 24.0 Å². The van der Waals surface area contributed by atoms with Crippen molar-refractivity contribution in [2.75, 3.05) is 5.32 Å². The van der Waals surface area contributed by atoms with Gasteiger partial charge in [0.2, 0.25) is 0 Å². The number of fused-ring (bicyclic) bond motifs is 2. The molecule has 0 amide bonds. The maximum atomic E-state index is 12.8. The molecule has 2 atom stereocenters. The number of nitrogens with zero attached hydrogens (tertiary/aromatic N) is 4. The summed E-state index contributed by atoms with van der Waals surface area (Å²) in [5, 5.41) is 18.2. The highest BCUT2D eigenvalue weighted by atomic mass is 32.3. The largest absolute Gasteiger partial charge is 0.338 e. The van der Waals surface area contributed by atoms with Gasteiger partial charge in [-0.1, -0.05) is 12.8 Å². The third-order valence-corrected chi connectivity index (χ3v) is 9.11. The van der Waals surface area contributed by atoms with Crippen molar-refractivity contribution in [2.45, 2.75) is 69.5 Å². The van der Waals surface area contributed by atoms with Gasteiger partial charge in [0.25, 0.3) is 5.56 Å². The molecule has 2 unspecified atom stereocenters. The summed E-state index contributed by atoms with van der Waals surface area (Å²) in [6, 6.07) is 9.57. The molecular formula is C24H30N6O3S. The number of pyridine rings is 1. The lowest BCUT2D eigenvalue weighted by molar-refractivity contribution is 0.227. The molecule has 0 bridgehead atoms. The number of hydrogen-bond donors (Lipinski definition) is 4. The van der Waals surface area contributed by atoms with Gasteiger partial charge in [-0.05, 0) is 63.4 Å². The third-order valence-electron chi connectivity index (χ3n) is 6.83. The molecule has 9 nitrogen and oxygen atoms in total. The standard InChI is InChI=1S/C24H30N6O3S/c1-24(2,3)29-14-16-12-17(8-9-20(16)34(29,32)33)27-22-21-19(10-11-26-23(21)31)30(28-22)18-7-5-4-6-15(18)13-25/h8-12,15,18,32-33H,4-7,14H2,1-3H3,(H,26,31)(H,27,28). The fraction of sp³-hybridized carbons (Fsp3) is 0.458. The Hall–Kier alpha value is -2.84. The number of benzene rings is 1. The summed E-state index contributed by atoms with van der Waals surface area (Å²) in [4.78, 5) is 16.0. The molecule has 1 fully saturated rings. The summed E-state index contributed by atoms with van der Waals surface area (Å²) in [6.45, 7) is 6.28. The van der Waals surface area contributed by atoms with E-state index < -0.39 is 16.3 Å². The van der Waals surface area contributed by atoms with E-state index >= 15 is 0 Å². The molecule has 1 aliphatic heterocycles. The number of hydrogen-bond acceptors (Lipinski definition) is 7. The smallest absolute Gasteiger partial charge is 0.261 e. The zero-order valence-corrected chi connectivity index (χ0v) is 20.4. The van der Waals surface area contributed by atoms with Gasteiger partial charge in [-0.3, -0.25) is 18.6 Å². The van der Waals surface area contributed by atoms with Crippen molar-refractivity contribution >= 4 is 33.2 Å². The highest BCUT2D eigenvalue weighted by Crippen LogP contribution is 2.61. The number of nitriles is 1. The Morgan fingerprint density at radius 3 is 2.74 bits per heavy atom. The van der Waals surface area contributed by atoms with Crippen molar-refractivity contribution in [1.29, 1.82) is 5.26 Å². The Morgan fingerprint density at radius 1 is 1.24 bits per heavy atom. The first-order valence-corrected chi connectivity index (χ1v) is 13.1. The number of aromatic nitrogens is 3. The van der Waals surface area contributed by atoms with Crippen LogP contribution in [-0.4, -0.2) is 33.7 Å². The maximum Gasteiger partial charge on any atom is 0.261 e. The Labute approximate surface area is 199 Å². The molecule has 4 N–H and O–H groups in total. The topological polar surface area (TPSA) is 130 Å². The summed E-state index contributed by atoms with van der Waals surface area (Å²) in [5.41, 5.74) is 1.58. The Balaban J connectivity index is 1.54. The summed E-state index contributed by atoms with van der Waals surface area (Å²) >= 11 is 0. The van der Waals surface area contributed by atoms with Gasteiger partial charge < -0.3 is 10.3 Å². The molecule has 2 aliphatic rings. The van der Waals surface area contributed by atoms with E-state index in [1.165, 1.54) is 0 Å². The predicted octanol–water partition coefficient (Wildman–Crippen LogP) is 5.36. The minimum absolute atomic E-state index is 0.0769. The van der Waals surface area contributed by atoms with E-state index in [1.54, 1.807) is 22.6 Å². The average Bonchev–Trinajstić information content (AvgIpc) is 3.29. The second-order valence-corrected chi connectivity index (χ2v) is 12.0. The summed E-state index contributed by atoms with van der Waals surface area (Å²) in [7, 11) is -3.05. The van der Waals surface area contributed by atoms with Gasteiger partial charge >= 0.3 is 0 Å². The van der Waals surface area contributed by atoms with Crippen LogP contribution in [0.4, 0.5) is 11.5 Å². The van der Waals surface area contributed by atoms with Gasteiger partial charge in [0.05, 0.1) is 28.4 Å². The molecule has 1 saturated carbocycles. The Bertz CT molecular complexity index is 1350. The predicted molar refractivity (Wildman–Crippen MR) is 133 cm³/mol. The molecule has 0 saturated heterocycles. The van der Waals surface area contributed by atoms with Crippen molar-refractivity contribution in [3.8, 4) is 6.07 Å². The summed E-state index contributed by atoms with van der Waals surface area (Å²) < 4.78 is 25.3. The highest BCUT2D eigenvalue weighted by Gasteiger charge is 2.41. The van der Waals surface area contributed by atoms with Crippen LogP contribution in [-0.2, 0) is 6.54 Å². The SMILES string of the molecule is CC(C)(C)N1Cc2cc(Nc3nn(C4CCCCC4C#N)c4cc[nH]c(=O)c34)ccc2S1(O)O. The van der Waals surface area contributed by atoms with Crippen LogP contribution >= 0.6 is 10.8 Å². The molecule has 10 heteroatoms. The van der Waals surface area contributed by atoms with Crippen molar-refractivity contribution in [2.24, 2.45) is 5.92 Å². The van der Waals surface area contributed by atoms with Crippen molar-refractivity contribution in [3.63, 3.8) is 0 Å². The van der Waals surface area contributed by atoms with Gasteiger partial charge in [-0.25, -0.2) is 0 Å². The number of rotatable bonds is 3. The first-order chi connectivity index (χ1) is 16.1. The van der Waals surface area contributed by atoms with Gasteiger partial charge in [-0.15, -0.1) is 10.8 Å². The molecule has 0 spiro atoms. The summed E-state index contributed by atoms with van der Waals surface area (Å²) in [6.07, 6.45) is 5.34. The van der Waals surface area contributed by atoms with E-state index in [2.05, 4.69) is 16.4 Å². The zero-order chi connectivity index (χ0) is 24.3. The molecule has 3 heterocycles. The molecule has 0 radical (unpaired) electrons. The molecule has 34 heavy (non-hydrogen) atoms. The molecular weight excluding hydrogens is 452 g/mol. The maximum absolute atomic E-state index is 12.8. The van der Waals surface area contributed by atoms with Crippen LogP contribution in [0.5, 0.6) is 0 Å². The van der Waals surface area contributed by atoms with Crippen LogP contribution in [0.25, 0.3) is 10.9 Å². The second kappa shape index (κ2) is 8.13. The van der Waals surface area contributed by atoms with E-state index in [4.69, 9.17) is 5.10 Å². The van der Waals surface area contributed by atoms with E-state index in [1.807, 2.05) is 37.6 Å². The quantitative estimate of drug-likeness (QED) is 0.395. The summed E-state index contributed by atoms with van der Waals surface area (Å²) in [5.74, 6) is 0.286. The lowest BCUT2D eigenvalue weighted by atomic mass is 9.85. The number of H-pyrrole nitrogens is 1. The first-order valence-electron chi connectivity index (χ1n) is 11.6. The molecule has 180 valence electrons. The average molecular weight is 483 g/mol. The second-order valence-electron chi connectivity index (χ2n) is 10.1. The van der Waals surface area contributed by atoms with Crippen molar-refractivity contribution < 1.29 is 9.11 Å². The Kier molecular flexibility index (Phi) is 5.48. The van der Waals surface area contributed by atoms with E-state index in [0.29, 0.717) is 33.8 Å². The van der Waals surface area contributed by atoms with Gasteiger partial charge in [-0.2, -0.15) is 14.7 Å². The van der Waals surface area contributed by atoms with Crippen LogP contribution in [0.15, 0.2) is 40.2 Å². The van der Waals surface area contributed by atoms with E-state index in [0.717, 1.165) is 31.2 Å². The van der Waals surface area contributed by atoms with E-state index in [9.17, 15) is 19.2 Å². The fourth-order valence-electron chi connectivity index (χ4n) is 5.16. The number of aromatic amines is 1. The van der Waals surface area contributed by atoms with Crippen molar-refractivity contribution in [1.82, 2.24) is 19.1 Å². The van der Waals surface area contributed by atoms with Crippen LogP contribution in [0.3, 0.4) is 0 Å². The number of anilines is 2. The van der Waals surface area contributed by atoms with Crippen molar-refractivity contribution in [3.05, 3.63) is 46.4 Å². The van der Waals surface area contributed by atoms with Gasteiger partial charge in [0.15, 0.2) is 5.82 Å². The molecule has 1 aromatic carbocycles. The monoisotopic (exact) mass is 482 g/mol. The minimum Gasteiger partial charge on any atom is -0.338 e. The minimum atomic E-state index is -3.05.